The molecular formula is C24H23F3N4O. The summed E-state index contributed by atoms with van der Waals surface area (Å²) in [4.78, 5) is 21.6. The Kier molecular flexibility index (Phi) is 6.41. The molecule has 4 rings (SSSR count). The van der Waals surface area contributed by atoms with Crippen molar-refractivity contribution in [3.8, 4) is 0 Å². The zero-order valence-corrected chi connectivity index (χ0v) is 17.3. The van der Waals surface area contributed by atoms with Gasteiger partial charge in [-0.25, -0.2) is 4.79 Å². The first-order valence-corrected chi connectivity index (χ1v) is 10.4. The highest BCUT2D eigenvalue weighted by Crippen LogP contribution is 2.28. The number of halogens is 3. The second kappa shape index (κ2) is 9.40. The van der Waals surface area contributed by atoms with Crippen molar-refractivity contribution in [2.45, 2.75) is 12.7 Å². The summed E-state index contributed by atoms with van der Waals surface area (Å²) < 4.78 is 38.9. The van der Waals surface area contributed by atoms with Crippen molar-refractivity contribution in [3.05, 3.63) is 93.7 Å². The Morgan fingerprint density at radius 1 is 0.938 bits per heavy atom. The second-order valence-electron chi connectivity index (χ2n) is 7.66. The molecule has 8 heteroatoms. The minimum absolute atomic E-state index is 0.0384. The van der Waals surface area contributed by atoms with Crippen LogP contribution in [0, 0.1) is 0 Å². The van der Waals surface area contributed by atoms with Crippen LogP contribution in [0.4, 0.5) is 18.9 Å². The number of benzene rings is 2. The van der Waals surface area contributed by atoms with E-state index in [0.29, 0.717) is 0 Å². The van der Waals surface area contributed by atoms with Crippen LogP contribution in [0.1, 0.15) is 22.5 Å². The second-order valence-corrected chi connectivity index (χ2v) is 7.66. The van der Waals surface area contributed by atoms with Crippen LogP contribution in [0.3, 0.4) is 0 Å². The maximum Gasteiger partial charge on any atom is 0.431 e. The zero-order valence-electron chi connectivity index (χ0n) is 17.3. The number of H-pyrrole nitrogens is 1. The average Bonchev–Trinajstić information content (AvgIpc) is 2.78. The predicted molar refractivity (Wildman–Crippen MR) is 119 cm³/mol. The van der Waals surface area contributed by atoms with Crippen molar-refractivity contribution < 1.29 is 13.2 Å². The van der Waals surface area contributed by atoms with Gasteiger partial charge in [-0.05, 0) is 29.3 Å². The van der Waals surface area contributed by atoms with E-state index in [-0.39, 0.29) is 5.69 Å². The SMILES string of the molecule is O=c1nc(/C=C/c2ccccc2N2CCN(Cc3ccccc3)CC2)cc(C(F)(F)F)[nH]1. The summed E-state index contributed by atoms with van der Waals surface area (Å²) in [6.45, 7) is 4.43. The number of nitrogens with one attached hydrogen (secondary N) is 1. The number of aromatic amines is 1. The molecule has 2 aromatic carbocycles. The summed E-state index contributed by atoms with van der Waals surface area (Å²) in [7, 11) is 0. The molecule has 0 saturated carbocycles. The van der Waals surface area contributed by atoms with Crippen LogP contribution in [0.5, 0.6) is 0 Å². The molecule has 1 aliphatic heterocycles. The van der Waals surface area contributed by atoms with Crippen molar-refractivity contribution in [1.82, 2.24) is 14.9 Å². The molecule has 1 saturated heterocycles. The Morgan fingerprint density at radius 3 is 2.34 bits per heavy atom. The molecule has 1 fully saturated rings. The van der Waals surface area contributed by atoms with Crippen LogP contribution in [0.25, 0.3) is 12.2 Å². The Labute approximate surface area is 183 Å². The van der Waals surface area contributed by atoms with Gasteiger partial charge in [-0.3, -0.25) is 4.90 Å². The molecule has 1 aromatic heterocycles. The Bertz CT molecular complexity index is 1130. The predicted octanol–water partition coefficient (Wildman–Crippen LogP) is 4.28. The number of hydrogen-bond acceptors (Lipinski definition) is 4. The molecule has 166 valence electrons. The number of hydrogen-bond donors (Lipinski definition) is 1. The van der Waals surface area contributed by atoms with Crippen molar-refractivity contribution in [1.29, 1.82) is 0 Å². The van der Waals surface area contributed by atoms with Gasteiger partial charge in [-0.1, -0.05) is 54.6 Å². The van der Waals surface area contributed by atoms with Crippen molar-refractivity contribution in [3.63, 3.8) is 0 Å². The summed E-state index contributed by atoms with van der Waals surface area (Å²) >= 11 is 0. The third-order valence-electron chi connectivity index (χ3n) is 5.40. The number of para-hydroxylation sites is 1. The van der Waals surface area contributed by atoms with E-state index < -0.39 is 17.6 Å². The smallest absolute Gasteiger partial charge is 0.368 e. The highest BCUT2D eigenvalue weighted by atomic mass is 19.4. The lowest BCUT2D eigenvalue weighted by Gasteiger charge is -2.36. The van der Waals surface area contributed by atoms with Crippen LogP contribution < -0.4 is 10.6 Å². The molecule has 0 amide bonds. The third kappa shape index (κ3) is 5.45. The van der Waals surface area contributed by atoms with Gasteiger partial charge < -0.3 is 9.88 Å². The van der Waals surface area contributed by atoms with E-state index in [2.05, 4.69) is 26.9 Å². The fourth-order valence-corrected chi connectivity index (χ4v) is 3.79. The molecule has 2 heterocycles. The minimum Gasteiger partial charge on any atom is -0.368 e. The van der Waals surface area contributed by atoms with E-state index in [1.165, 1.54) is 11.6 Å². The van der Waals surface area contributed by atoms with Gasteiger partial charge in [0, 0.05) is 38.4 Å². The molecule has 0 spiro atoms. The lowest BCUT2D eigenvalue weighted by atomic mass is 10.1. The first-order valence-electron chi connectivity index (χ1n) is 10.4. The monoisotopic (exact) mass is 440 g/mol. The maximum atomic E-state index is 13.0. The van der Waals surface area contributed by atoms with Gasteiger partial charge in [-0.15, -0.1) is 0 Å². The Morgan fingerprint density at radius 2 is 1.62 bits per heavy atom. The fraction of sp³-hybridized carbons (Fsp3) is 0.250. The average molecular weight is 440 g/mol. The van der Waals surface area contributed by atoms with Gasteiger partial charge >= 0.3 is 11.9 Å². The standard InChI is InChI=1S/C24H23F3N4O/c25-24(26,27)22-16-20(28-23(32)29-22)11-10-19-8-4-5-9-21(19)31-14-12-30(13-15-31)17-18-6-2-1-3-7-18/h1-11,16H,12-15,17H2,(H,28,29,32)/b11-10+. The first kappa shape index (κ1) is 21.8. The highest BCUT2D eigenvalue weighted by Gasteiger charge is 2.32. The van der Waals surface area contributed by atoms with Gasteiger partial charge in [-0.2, -0.15) is 18.2 Å². The lowest BCUT2D eigenvalue weighted by molar-refractivity contribution is -0.141. The number of alkyl halides is 3. The maximum absolute atomic E-state index is 13.0. The third-order valence-corrected chi connectivity index (χ3v) is 5.40. The van der Waals surface area contributed by atoms with E-state index in [9.17, 15) is 18.0 Å². The number of nitrogens with zero attached hydrogens (tertiary/aromatic N) is 3. The summed E-state index contributed by atoms with van der Waals surface area (Å²) in [5, 5.41) is 0. The van der Waals surface area contributed by atoms with Crippen molar-refractivity contribution in [2.24, 2.45) is 0 Å². The summed E-state index contributed by atoms with van der Waals surface area (Å²) in [6, 6.07) is 18.9. The summed E-state index contributed by atoms with van der Waals surface area (Å²) in [5.74, 6) is 0. The summed E-state index contributed by atoms with van der Waals surface area (Å²) in [5.41, 5.74) is 0.974. The van der Waals surface area contributed by atoms with Crippen LogP contribution in [0.2, 0.25) is 0 Å². The van der Waals surface area contributed by atoms with Gasteiger partial charge in [0.15, 0.2) is 0 Å². The first-order chi connectivity index (χ1) is 15.4. The topological polar surface area (TPSA) is 52.2 Å². The minimum atomic E-state index is -4.64. The number of piperazine rings is 1. The van der Waals surface area contributed by atoms with Crippen LogP contribution in [0.15, 0.2) is 65.5 Å². The Hall–Kier alpha value is -3.39. The van der Waals surface area contributed by atoms with Crippen molar-refractivity contribution >= 4 is 17.8 Å². The highest BCUT2D eigenvalue weighted by molar-refractivity contribution is 5.76. The molecule has 5 nitrogen and oxygen atoms in total. The fourth-order valence-electron chi connectivity index (χ4n) is 3.79. The van der Waals surface area contributed by atoms with E-state index in [0.717, 1.165) is 50.0 Å². The van der Waals surface area contributed by atoms with Gasteiger partial charge in [0.05, 0.1) is 5.69 Å². The molecule has 0 bridgehead atoms. The molecule has 0 atom stereocenters. The molecule has 1 N–H and O–H groups in total. The van der Waals surface area contributed by atoms with Gasteiger partial charge in [0.25, 0.3) is 0 Å². The summed E-state index contributed by atoms with van der Waals surface area (Å²) in [6.07, 6.45) is -1.50. The molecule has 3 aromatic rings. The Balaban J connectivity index is 1.47. The van der Waals surface area contributed by atoms with Crippen LogP contribution in [-0.4, -0.2) is 41.0 Å². The van der Waals surface area contributed by atoms with E-state index in [1.807, 2.05) is 42.5 Å². The van der Waals surface area contributed by atoms with Crippen molar-refractivity contribution in [2.75, 3.05) is 31.1 Å². The van der Waals surface area contributed by atoms with Gasteiger partial charge in [0.1, 0.15) is 5.69 Å². The molecule has 0 radical (unpaired) electrons. The van der Waals surface area contributed by atoms with E-state index in [1.54, 1.807) is 11.1 Å². The molecule has 32 heavy (non-hydrogen) atoms. The quantitative estimate of drug-likeness (QED) is 0.644. The normalized spacial score (nSPS) is 15.4. The van der Waals surface area contributed by atoms with E-state index >= 15 is 0 Å². The molecule has 0 aliphatic carbocycles. The van der Waals surface area contributed by atoms with Crippen LogP contribution >= 0.6 is 0 Å². The number of rotatable bonds is 5. The molecular weight excluding hydrogens is 417 g/mol. The molecule has 0 unspecified atom stereocenters. The van der Waals surface area contributed by atoms with E-state index in [4.69, 9.17) is 0 Å². The van der Waals surface area contributed by atoms with Gasteiger partial charge in [0.2, 0.25) is 0 Å². The number of anilines is 1. The number of aromatic nitrogens is 2. The largest absolute Gasteiger partial charge is 0.431 e. The zero-order chi connectivity index (χ0) is 22.6. The van der Waals surface area contributed by atoms with Crippen LogP contribution in [-0.2, 0) is 12.7 Å². The lowest BCUT2D eigenvalue weighted by Crippen LogP contribution is -2.46. The molecule has 1 aliphatic rings.